The number of hydrogen-bond donors (Lipinski definition) is 0. The summed E-state index contributed by atoms with van der Waals surface area (Å²) in [4.78, 5) is 19.3. The highest BCUT2D eigenvalue weighted by atomic mass is 16.5. The molecule has 0 amide bonds. The van der Waals surface area contributed by atoms with Crippen molar-refractivity contribution in [2.75, 3.05) is 0 Å². The van der Waals surface area contributed by atoms with Crippen molar-refractivity contribution in [3.63, 3.8) is 0 Å². The standard InChI is InChI=1S/C35H21N5O/c1-3-9-24(10-4-1)33-37-34(25-11-5-2-6-12-25)39-35(38-33)26-17-15-22-14-16-23-18-19-29-31(30(23)27(22)21-26)32(40-41-29)28-13-7-8-20-36-28/h1-21H. The molecular weight excluding hydrogens is 506 g/mol. The molecule has 41 heavy (non-hydrogen) atoms. The Bertz CT molecular complexity index is 2140. The third-order valence-corrected chi connectivity index (χ3v) is 7.30. The summed E-state index contributed by atoms with van der Waals surface area (Å²) in [6.07, 6.45) is 1.77. The molecule has 6 heteroatoms. The van der Waals surface area contributed by atoms with E-state index in [1.54, 1.807) is 6.20 Å². The molecule has 0 spiro atoms. The Labute approximate surface area is 235 Å². The first kappa shape index (κ1) is 23.2. The van der Waals surface area contributed by atoms with E-state index in [4.69, 9.17) is 19.5 Å². The van der Waals surface area contributed by atoms with Gasteiger partial charge in [-0.05, 0) is 40.4 Å². The maximum atomic E-state index is 5.78. The maximum Gasteiger partial charge on any atom is 0.168 e. The summed E-state index contributed by atoms with van der Waals surface area (Å²) in [6.45, 7) is 0. The Hall–Kier alpha value is -5.75. The maximum absolute atomic E-state index is 5.78. The zero-order valence-corrected chi connectivity index (χ0v) is 21.8. The quantitative estimate of drug-likeness (QED) is 0.214. The van der Waals surface area contributed by atoms with E-state index in [0.717, 1.165) is 55.0 Å². The van der Waals surface area contributed by atoms with Crippen molar-refractivity contribution >= 4 is 32.5 Å². The summed E-state index contributed by atoms with van der Waals surface area (Å²) in [7, 11) is 0. The van der Waals surface area contributed by atoms with Crippen molar-refractivity contribution in [3.05, 3.63) is 128 Å². The largest absolute Gasteiger partial charge is 0.356 e. The SMILES string of the molecule is c1ccc(-c2nc(-c3ccccc3)nc(-c3ccc4ccc5ccc6onc(-c7ccccn7)c6c5c4c3)n2)cc1. The lowest BCUT2D eigenvalue weighted by atomic mass is 9.96. The summed E-state index contributed by atoms with van der Waals surface area (Å²) in [6, 6.07) is 40.5. The molecule has 5 aromatic carbocycles. The number of fused-ring (bicyclic) bond motifs is 5. The van der Waals surface area contributed by atoms with Crippen LogP contribution in [0.15, 0.2) is 132 Å². The van der Waals surface area contributed by atoms with Crippen molar-refractivity contribution in [1.29, 1.82) is 0 Å². The smallest absolute Gasteiger partial charge is 0.168 e. The van der Waals surface area contributed by atoms with Crippen LogP contribution in [0, 0.1) is 0 Å². The van der Waals surface area contributed by atoms with Crippen LogP contribution in [0.5, 0.6) is 0 Å². The van der Waals surface area contributed by atoms with E-state index >= 15 is 0 Å². The minimum atomic E-state index is 0.610. The summed E-state index contributed by atoms with van der Waals surface area (Å²) in [5, 5.41) is 9.68. The second-order valence-corrected chi connectivity index (χ2v) is 9.82. The lowest BCUT2D eigenvalue weighted by molar-refractivity contribution is 0.459. The summed E-state index contributed by atoms with van der Waals surface area (Å²) in [5.74, 6) is 1.87. The van der Waals surface area contributed by atoms with E-state index in [9.17, 15) is 0 Å². The van der Waals surface area contributed by atoms with E-state index < -0.39 is 0 Å². The average Bonchev–Trinajstić information content (AvgIpc) is 3.50. The molecule has 3 aromatic heterocycles. The molecule has 6 nitrogen and oxygen atoms in total. The molecule has 0 N–H and O–H groups in total. The fraction of sp³-hybridized carbons (Fsp3) is 0. The molecular formula is C35H21N5O. The van der Waals surface area contributed by atoms with E-state index in [2.05, 4.69) is 46.5 Å². The normalized spacial score (nSPS) is 11.4. The predicted octanol–water partition coefficient (Wildman–Crippen LogP) is 8.38. The Morgan fingerprint density at radius 1 is 0.488 bits per heavy atom. The van der Waals surface area contributed by atoms with Crippen LogP contribution in [0.1, 0.15) is 0 Å². The molecule has 3 heterocycles. The van der Waals surface area contributed by atoms with Crippen molar-refractivity contribution in [2.45, 2.75) is 0 Å². The van der Waals surface area contributed by atoms with Gasteiger partial charge in [-0.3, -0.25) is 4.98 Å². The van der Waals surface area contributed by atoms with Crippen molar-refractivity contribution < 1.29 is 4.52 Å². The van der Waals surface area contributed by atoms with Gasteiger partial charge < -0.3 is 4.52 Å². The molecule has 0 fully saturated rings. The number of nitrogens with zero attached hydrogens (tertiary/aromatic N) is 5. The zero-order valence-electron chi connectivity index (χ0n) is 21.8. The molecule has 0 atom stereocenters. The van der Waals surface area contributed by atoms with Gasteiger partial charge in [0.25, 0.3) is 0 Å². The molecule has 0 unspecified atom stereocenters. The van der Waals surface area contributed by atoms with Crippen LogP contribution in [0.25, 0.3) is 78.1 Å². The van der Waals surface area contributed by atoms with E-state index in [1.165, 1.54) is 0 Å². The second kappa shape index (κ2) is 9.47. The Morgan fingerprint density at radius 3 is 1.78 bits per heavy atom. The average molecular weight is 528 g/mol. The molecule has 0 aliphatic heterocycles. The van der Waals surface area contributed by atoms with Crippen LogP contribution in [-0.2, 0) is 0 Å². The predicted molar refractivity (Wildman–Crippen MR) is 162 cm³/mol. The van der Waals surface area contributed by atoms with Gasteiger partial charge in [0.1, 0.15) is 5.69 Å². The molecule has 8 aromatic rings. The van der Waals surface area contributed by atoms with Gasteiger partial charge in [0.15, 0.2) is 23.1 Å². The molecule has 0 aliphatic rings. The first-order valence-corrected chi connectivity index (χ1v) is 13.4. The van der Waals surface area contributed by atoms with Gasteiger partial charge in [0, 0.05) is 28.3 Å². The highest BCUT2D eigenvalue weighted by Crippen LogP contribution is 2.38. The summed E-state index contributed by atoms with van der Waals surface area (Å²) < 4.78 is 5.78. The summed E-state index contributed by atoms with van der Waals surface area (Å²) in [5.41, 5.74) is 4.98. The minimum Gasteiger partial charge on any atom is -0.356 e. The van der Waals surface area contributed by atoms with Crippen LogP contribution in [0.4, 0.5) is 0 Å². The number of rotatable bonds is 4. The van der Waals surface area contributed by atoms with E-state index in [0.29, 0.717) is 23.1 Å². The zero-order chi connectivity index (χ0) is 27.2. The number of hydrogen-bond acceptors (Lipinski definition) is 6. The molecule has 0 bridgehead atoms. The van der Waals surface area contributed by atoms with E-state index in [-0.39, 0.29) is 0 Å². The molecule has 0 saturated heterocycles. The third kappa shape index (κ3) is 4.01. The van der Waals surface area contributed by atoms with Crippen LogP contribution < -0.4 is 0 Å². The van der Waals surface area contributed by atoms with Gasteiger partial charge in [0.05, 0.1) is 11.1 Å². The number of aromatic nitrogens is 5. The van der Waals surface area contributed by atoms with Crippen LogP contribution in [0.2, 0.25) is 0 Å². The highest BCUT2D eigenvalue weighted by Gasteiger charge is 2.18. The lowest BCUT2D eigenvalue weighted by Gasteiger charge is -2.10. The minimum absolute atomic E-state index is 0.610. The second-order valence-electron chi connectivity index (χ2n) is 9.82. The number of pyridine rings is 1. The highest BCUT2D eigenvalue weighted by molar-refractivity contribution is 6.22. The van der Waals surface area contributed by atoms with Crippen molar-refractivity contribution in [2.24, 2.45) is 0 Å². The molecule has 0 aliphatic carbocycles. The van der Waals surface area contributed by atoms with Gasteiger partial charge in [-0.1, -0.05) is 102 Å². The Kier molecular flexibility index (Phi) is 5.35. The molecule has 0 saturated carbocycles. The summed E-state index contributed by atoms with van der Waals surface area (Å²) >= 11 is 0. The molecule has 8 rings (SSSR count). The molecule has 0 radical (unpaired) electrons. The van der Waals surface area contributed by atoms with Gasteiger partial charge in [-0.25, -0.2) is 15.0 Å². The van der Waals surface area contributed by atoms with Gasteiger partial charge in [0.2, 0.25) is 0 Å². The Morgan fingerprint density at radius 2 is 1.10 bits per heavy atom. The lowest BCUT2D eigenvalue weighted by Crippen LogP contribution is -2.00. The van der Waals surface area contributed by atoms with Gasteiger partial charge in [-0.2, -0.15) is 0 Å². The van der Waals surface area contributed by atoms with Gasteiger partial charge >= 0.3 is 0 Å². The number of benzene rings is 5. The van der Waals surface area contributed by atoms with Crippen molar-refractivity contribution in [1.82, 2.24) is 25.1 Å². The topological polar surface area (TPSA) is 77.6 Å². The fourth-order valence-corrected chi connectivity index (χ4v) is 5.33. The Balaban J connectivity index is 1.40. The van der Waals surface area contributed by atoms with Crippen LogP contribution in [-0.4, -0.2) is 25.1 Å². The first-order chi connectivity index (χ1) is 20.3. The molecule has 192 valence electrons. The van der Waals surface area contributed by atoms with Crippen LogP contribution in [0.3, 0.4) is 0 Å². The van der Waals surface area contributed by atoms with E-state index in [1.807, 2.05) is 84.9 Å². The van der Waals surface area contributed by atoms with Crippen LogP contribution >= 0.6 is 0 Å². The first-order valence-electron chi connectivity index (χ1n) is 13.4. The monoisotopic (exact) mass is 527 g/mol. The third-order valence-electron chi connectivity index (χ3n) is 7.30. The van der Waals surface area contributed by atoms with Crippen molar-refractivity contribution in [3.8, 4) is 45.6 Å². The van der Waals surface area contributed by atoms with Gasteiger partial charge in [-0.15, -0.1) is 0 Å². The fourth-order valence-electron chi connectivity index (χ4n) is 5.33.